The molecule has 1 aliphatic rings. The first-order valence-corrected chi connectivity index (χ1v) is 8.78. The van der Waals surface area contributed by atoms with Crippen molar-refractivity contribution in [2.45, 2.75) is 6.54 Å². The van der Waals surface area contributed by atoms with E-state index < -0.39 is 10.8 Å². The summed E-state index contributed by atoms with van der Waals surface area (Å²) in [5.74, 6) is -0.610. The average molecular weight is 383 g/mol. The maximum absolute atomic E-state index is 12.4. The molecule has 0 atom stereocenters. The molecule has 25 heavy (non-hydrogen) atoms. The second-order valence-corrected chi connectivity index (χ2v) is 6.70. The van der Waals surface area contributed by atoms with E-state index in [9.17, 15) is 14.9 Å². The average Bonchev–Trinajstić information content (AvgIpc) is 3.02. The number of morpholine rings is 1. The number of carbonyl (C=O) groups is 1. The number of halogens is 1. The van der Waals surface area contributed by atoms with Crippen molar-refractivity contribution < 1.29 is 14.5 Å². The minimum Gasteiger partial charge on any atom is -0.379 e. The zero-order chi connectivity index (χ0) is 17.8. The highest BCUT2D eigenvalue weighted by atomic mass is 35.5. The number of carbonyl (C=O) groups excluding carboxylic acids is 1. The number of anilines is 1. The first-order chi connectivity index (χ1) is 12.0. The molecule has 1 N–H and O–H groups in total. The Kier molecular flexibility index (Phi) is 5.59. The Morgan fingerprint density at radius 1 is 1.44 bits per heavy atom. The Morgan fingerprint density at radius 3 is 2.92 bits per heavy atom. The summed E-state index contributed by atoms with van der Waals surface area (Å²) < 4.78 is 5.30. The van der Waals surface area contributed by atoms with Gasteiger partial charge < -0.3 is 4.74 Å². The summed E-state index contributed by atoms with van der Waals surface area (Å²) in [6.07, 6.45) is 0. The van der Waals surface area contributed by atoms with Gasteiger partial charge in [0.05, 0.1) is 23.8 Å². The number of benzene rings is 1. The van der Waals surface area contributed by atoms with E-state index in [0.29, 0.717) is 24.9 Å². The van der Waals surface area contributed by atoms with Gasteiger partial charge in [-0.25, -0.2) is 4.98 Å². The molecule has 0 bridgehead atoms. The molecule has 0 unspecified atom stereocenters. The molecule has 2 aromatic rings. The van der Waals surface area contributed by atoms with Crippen LogP contribution in [0.15, 0.2) is 23.6 Å². The molecule has 1 aromatic carbocycles. The predicted molar refractivity (Wildman–Crippen MR) is 94.3 cm³/mol. The van der Waals surface area contributed by atoms with Gasteiger partial charge in [0.15, 0.2) is 5.13 Å². The summed E-state index contributed by atoms with van der Waals surface area (Å²) in [6.45, 7) is 3.76. The molecule has 10 heteroatoms. The molecule has 8 nitrogen and oxygen atoms in total. The molecule has 1 saturated heterocycles. The number of amides is 1. The van der Waals surface area contributed by atoms with Crippen molar-refractivity contribution in [2.24, 2.45) is 0 Å². The molecule has 1 aliphatic heterocycles. The highest BCUT2D eigenvalue weighted by Crippen LogP contribution is 2.25. The lowest BCUT2D eigenvalue weighted by Gasteiger charge is -2.25. The van der Waals surface area contributed by atoms with E-state index >= 15 is 0 Å². The lowest BCUT2D eigenvalue weighted by atomic mass is 10.1. The van der Waals surface area contributed by atoms with Gasteiger partial charge in [-0.3, -0.25) is 25.1 Å². The number of aromatic nitrogens is 1. The van der Waals surface area contributed by atoms with E-state index in [2.05, 4.69) is 15.2 Å². The maximum atomic E-state index is 12.4. The highest BCUT2D eigenvalue weighted by molar-refractivity contribution is 7.14. The van der Waals surface area contributed by atoms with Crippen molar-refractivity contribution in [3.8, 4) is 0 Å². The van der Waals surface area contributed by atoms with Gasteiger partial charge >= 0.3 is 0 Å². The lowest BCUT2D eigenvalue weighted by Crippen LogP contribution is -2.35. The normalized spacial score (nSPS) is 15.1. The smallest absolute Gasteiger partial charge is 0.282 e. The SMILES string of the molecule is O=C(Nc1nc(CN2CCOCC2)cs1)c1cc(Cl)ccc1[N+](=O)[O-]. The Labute approximate surface area is 152 Å². The Bertz CT molecular complexity index is 792. The van der Waals surface area contributed by atoms with Crippen LogP contribution in [0, 0.1) is 10.1 Å². The fourth-order valence-corrected chi connectivity index (χ4v) is 3.31. The maximum Gasteiger partial charge on any atom is 0.282 e. The Morgan fingerprint density at radius 2 is 2.20 bits per heavy atom. The predicted octanol–water partition coefficient (Wildman–Crippen LogP) is 2.79. The summed E-state index contributed by atoms with van der Waals surface area (Å²) in [5, 5.41) is 16.2. The van der Waals surface area contributed by atoms with Crippen molar-refractivity contribution in [3.05, 3.63) is 50.0 Å². The standard InChI is InChI=1S/C15H15ClN4O4S/c16-10-1-2-13(20(22)23)12(7-10)14(21)18-15-17-11(9-25-15)8-19-3-5-24-6-4-19/h1-2,7,9H,3-6,8H2,(H,17,18,21). The summed E-state index contributed by atoms with van der Waals surface area (Å²) in [7, 11) is 0. The fraction of sp³-hybridized carbons (Fsp3) is 0.333. The minimum atomic E-state index is -0.614. The van der Waals surface area contributed by atoms with Crippen molar-refractivity contribution in [1.82, 2.24) is 9.88 Å². The second kappa shape index (κ2) is 7.87. The van der Waals surface area contributed by atoms with Crippen LogP contribution >= 0.6 is 22.9 Å². The third kappa shape index (κ3) is 4.51. The van der Waals surface area contributed by atoms with Gasteiger partial charge in [-0.1, -0.05) is 11.6 Å². The Hall–Kier alpha value is -2.07. The van der Waals surface area contributed by atoms with Gasteiger partial charge in [0, 0.05) is 36.1 Å². The number of thiazole rings is 1. The van der Waals surface area contributed by atoms with Crippen LogP contribution in [0.4, 0.5) is 10.8 Å². The Balaban J connectivity index is 1.69. The van der Waals surface area contributed by atoms with Crippen LogP contribution in [0.3, 0.4) is 0 Å². The summed E-state index contributed by atoms with van der Waals surface area (Å²) >= 11 is 7.13. The topological polar surface area (TPSA) is 97.6 Å². The van der Waals surface area contributed by atoms with Crippen molar-refractivity contribution in [3.63, 3.8) is 0 Å². The highest BCUT2D eigenvalue weighted by Gasteiger charge is 2.21. The molecule has 0 saturated carbocycles. The summed E-state index contributed by atoms with van der Waals surface area (Å²) in [5.41, 5.74) is 0.442. The van der Waals surface area contributed by atoms with Crippen LogP contribution < -0.4 is 5.32 Å². The first-order valence-electron chi connectivity index (χ1n) is 7.53. The molecule has 1 fully saturated rings. The van der Waals surface area contributed by atoms with Gasteiger partial charge in [0.1, 0.15) is 5.56 Å². The van der Waals surface area contributed by atoms with E-state index in [1.807, 2.05) is 5.38 Å². The van der Waals surface area contributed by atoms with Gasteiger partial charge in [-0.2, -0.15) is 0 Å². The number of nitrogens with zero attached hydrogens (tertiary/aromatic N) is 3. The zero-order valence-electron chi connectivity index (χ0n) is 13.1. The molecule has 3 rings (SSSR count). The molecular weight excluding hydrogens is 368 g/mol. The van der Waals surface area contributed by atoms with Gasteiger partial charge in [0.2, 0.25) is 0 Å². The largest absolute Gasteiger partial charge is 0.379 e. The van der Waals surface area contributed by atoms with Crippen LogP contribution in [0.25, 0.3) is 0 Å². The summed E-state index contributed by atoms with van der Waals surface area (Å²) in [4.78, 5) is 29.4. The second-order valence-electron chi connectivity index (χ2n) is 5.41. The number of rotatable bonds is 5. The van der Waals surface area contributed by atoms with Crippen LogP contribution in [-0.2, 0) is 11.3 Å². The zero-order valence-corrected chi connectivity index (χ0v) is 14.7. The van der Waals surface area contributed by atoms with E-state index in [4.69, 9.17) is 16.3 Å². The van der Waals surface area contributed by atoms with Crippen LogP contribution in [0.5, 0.6) is 0 Å². The van der Waals surface area contributed by atoms with Crippen LogP contribution in [-0.4, -0.2) is 47.0 Å². The van der Waals surface area contributed by atoms with Crippen molar-refractivity contribution in [1.29, 1.82) is 0 Å². The van der Waals surface area contributed by atoms with Gasteiger partial charge in [-0.15, -0.1) is 11.3 Å². The van der Waals surface area contributed by atoms with E-state index in [1.165, 1.54) is 29.5 Å². The number of nitro groups is 1. The molecule has 0 aliphatic carbocycles. The van der Waals surface area contributed by atoms with Gasteiger partial charge in [-0.05, 0) is 12.1 Å². The molecule has 2 heterocycles. The van der Waals surface area contributed by atoms with Crippen LogP contribution in [0.1, 0.15) is 16.1 Å². The first kappa shape index (κ1) is 17.7. The number of nitrogens with one attached hydrogen (secondary N) is 1. The van der Waals surface area contributed by atoms with E-state index in [-0.39, 0.29) is 16.3 Å². The number of hydrogen-bond acceptors (Lipinski definition) is 7. The van der Waals surface area contributed by atoms with E-state index in [1.54, 1.807) is 0 Å². The molecule has 132 valence electrons. The quantitative estimate of drug-likeness (QED) is 0.630. The fourth-order valence-electron chi connectivity index (χ4n) is 2.44. The number of hydrogen-bond donors (Lipinski definition) is 1. The molecule has 0 radical (unpaired) electrons. The summed E-state index contributed by atoms with van der Waals surface area (Å²) in [6, 6.07) is 3.86. The minimum absolute atomic E-state index is 0.0950. The van der Waals surface area contributed by atoms with E-state index in [0.717, 1.165) is 18.8 Å². The monoisotopic (exact) mass is 382 g/mol. The number of nitro benzene ring substituents is 1. The lowest BCUT2D eigenvalue weighted by molar-refractivity contribution is -0.385. The number of ether oxygens (including phenoxy) is 1. The van der Waals surface area contributed by atoms with Crippen molar-refractivity contribution in [2.75, 3.05) is 31.6 Å². The van der Waals surface area contributed by atoms with Crippen LogP contribution in [0.2, 0.25) is 5.02 Å². The molecule has 0 spiro atoms. The molecule has 1 aromatic heterocycles. The third-order valence-corrected chi connectivity index (χ3v) is 4.70. The molecule has 1 amide bonds. The molecular formula is C15H15ClN4O4S. The third-order valence-electron chi connectivity index (χ3n) is 3.66. The van der Waals surface area contributed by atoms with Crippen molar-refractivity contribution >= 4 is 39.7 Å². The van der Waals surface area contributed by atoms with Gasteiger partial charge in [0.25, 0.3) is 11.6 Å².